The Morgan fingerprint density at radius 1 is 1.35 bits per heavy atom. The molecule has 0 aliphatic heterocycles. The van der Waals surface area contributed by atoms with E-state index in [1.54, 1.807) is 11.7 Å². The van der Waals surface area contributed by atoms with Crippen molar-refractivity contribution in [3.8, 4) is 0 Å². The number of methoxy groups -OCH3 is 2. The summed E-state index contributed by atoms with van der Waals surface area (Å²) >= 11 is 1.25. The van der Waals surface area contributed by atoms with Crippen LogP contribution in [0.5, 0.6) is 0 Å². The Morgan fingerprint density at radius 3 is 2.81 bits per heavy atom. The van der Waals surface area contributed by atoms with E-state index in [4.69, 9.17) is 14.5 Å². The number of nitrogens with one attached hydrogen (secondary N) is 1. The van der Waals surface area contributed by atoms with Crippen LogP contribution < -0.4 is 5.56 Å². The largest absolute Gasteiger partial charge is 0.468 e. The van der Waals surface area contributed by atoms with Crippen molar-refractivity contribution in [2.75, 3.05) is 20.8 Å². The molecule has 1 atom stereocenters. The number of hydrogen-bond acceptors (Lipinski definition) is 6. The van der Waals surface area contributed by atoms with E-state index in [1.807, 2.05) is 31.2 Å². The number of carbonyl (C=O) groups excluding carboxylic acids is 1. The summed E-state index contributed by atoms with van der Waals surface area (Å²) in [6, 6.07) is 7.64. The van der Waals surface area contributed by atoms with Crippen LogP contribution in [-0.2, 0) is 20.8 Å². The molecule has 0 amide bonds. The molecule has 1 aromatic carbocycles. The molecule has 26 heavy (non-hydrogen) atoms. The Bertz CT molecular complexity index is 995. The molecule has 1 N–H and O–H groups in total. The smallest absolute Gasteiger partial charge is 0.319 e. The van der Waals surface area contributed by atoms with Gasteiger partial charge in [-0.3, -0.25) is 14.2 Å². The summed E-state index contributed by atoms with van der Waals surface area (Å²) in [5.41, 5.74) is 1.75. The van der Waals surface area contributed by atoms with E-state index in [2.05, 4.69) is 4.98 Å². The number of H-pyrrole nitrogens is 1. The van der Waals surface area contributed by atoms with Crippen molar-refractivity contribution < 1.29 is 14.3 Å². The fourth-order valence-corrected chi connectivity index (χ4v) is 3.86. The van der Waals surface area contributed by atoms with Crippen molar-refractivity contribution in [1.29, 1.82) is 0 Å². The van der Waals surface area contributed by atoms with Crippen molar-refractivity contribution in [1.82, 2.24) is 14.5 Å². The Balaban J connectivity index is 2.19. The van der Waals surface area contributed by atoms with Crippen LogP contribution in [0.3, 0.4) is 0 Å². The third kappa shape index (κ3) is 3.34. The van der Waals surface area contributed by atoms with Crippen LogP contribution in [0.1, 0.15) is 13.3 Å². The number of hydrogen-bond donors (Lipinski definition) is 1. The number of fused-ring (bicyclic) bond motifs is 3. The molecule has 0 unspecified atom stereocenters. The lowest BCUT2D eigenvalue weighted by atomic mass is 10.2. The highest BCUT2D eigenvalue weighted by molar-refractivity contribution is 8.00. The normalized spacial score (nSPS) is 12.6. The van der Waals surface area contributed by atoms with E-state index < -0.39 is 5.25 Å². The number of aromatic amines is 1. The van der Waals surface area contributed by atoms with Crippen LogP contribution in [-0.4, -0.2) is 46.6 Å². The van der Waals surface area contributed by atoms with Crippen molar-refractivity contribution in [3.05, 3.63) is 34.6 Å². The zero-order valence-electron chi connectivity index (χ0n) is 14.9. The minimum Gasteiger partial charge on any atom is -0.468 e. The second kappa shape index (κ2) is 7.92. The molecule has 0 spiro atoms. The Morgan fingerprint density at radius 2 is 2.12 bits per heavy atom. The minimum absolute atomic E-state index is 0.175. The maximum atomic E-state index is 13.0. The second-order valence-corrected chi connectivity index (χ2v) is 6.95. The number of carbonyl (C=O) groups is 1. The lowest BCUT2D eigenvalue weighted by Gasteiger charge is -2.15. The monoisotopic (exact) mass is 375 g/mol. The van der Waals surface area contributed by atoms with Gasteiger partial charge in [0.25, 0.3) is 5.56 Å². The summed E-state index contributed by atoms with van der Waals surface area (Å²) in [6.45, 7) is 2.62. The maximum Gasteiger partial charge on any atom is 0.319 e. The molecule has 8 heteroatoms. The molecule has 0 radical (unpaired) electrons. The van der Waals surface area contributed by atoms with Crippen LogP contribution in [0.15, 0.2) is 34.2 Å². The van der Waals surface area contributed by atoms with Crippen molar-refractivity contribution >= 4 is 39.7 Å². The molecule has 0 bridgehead atoms. The maximum absolute atomic E-state index is 13.0. The summed E-state index contributed by atoms with van der Waals surface area (Å²) in [4.78, 5) is 32.9. The average molecular weight is 375 g/mol. The average Bonchev–Trinajstić information content (AvgIpc) is 3.04. The molecule has 0 saturated heterocycles. The molecule has 2 heterocycles. The summed E-state index contributed by atoms with van der Waals surface area (Å²) < 4.78 is 11.5. The van der Waals surface area contributed by atoms with Gasteiger partial charge >= 0.3 is 5.97 Å². The first kappa shape index (κ1) is 18.5. The van der Waals surface area contributed by atoms with Gasteiger partial charge < -0.3 is 14.5 Å². The fourth-order valence-electron chi connectivity index (χ4n) is 2.80. The number of rotatable bonds is 7. The Labute approximate surface area is 154 Å². The van der Waals surface area contributed by atoms with Gasteiger partial charge in [0, 0.05) is 18.0 Å². The quantitative estimate of drug-likeness (QED) is 0.388. The van der Waals surface area contributed by atoms with Gasteiger partial charge in [0.2, 0.25) is 0 Å². The van der Waals surface area contributed by atoms with Gasteiger partial charge in [0.15, 0.2) is 5.16 Å². The van der Waals surface area contributed by atoms with Gasteiger partial charge in [-0.2, -0.15) is 0 Å². The number of esters is 1. The summed E-state index contributed by atoms with van der Waals surface area (Å²) in [6.07, 6.45) is 0.573. The molecule has 0 aliphatic rings. The number of nitrogens with zero attached hydrogens (tertiary/aromatic N) is 2. The SMILES string of the molecule is CC[C@@H](Sc1nc2c([nH]c3ccccc32)c(=O)n1CCOC)C(=O)OC. The van der Waals surface area contributed by atoms with Crippen LogP contribution in [0.4, 0.5) is 0 Å². The zero-order valence-corrected chi connectivity index (χ0v) is 15.8. The van der Waals surface area contributed by atoms with Crippen LogP contribution >= 0.6 is 11.8 Å². The van der Waals surface area contributed by atoms with E-state index >= 15 is 0 Å². The number of thioether (sulfide) groups is 1. The molecular weight excluding hydrogens is 354 g/mol. The van der Waals surface area contributed by atoms with E-state index in [0.717, 1.165) is 10.9 Å². The number of ether oxygens (including phenoxy) is 2. The van der Waals surface area contributed by atoms with Crippen LogP contribution in [0.2, 0.25) is 0 Å². The van der Waals surface area contributed by atoms with Gasteiger partial charge in [-0.15, -0.1) is 0 Å². The van der Waals surface area contributed by atoms with Gasteiger partial charge in [-0.05, 0) is 12.5 Å². The Kier molecular flexibility index (Phi) is 5.63. The van der Waals surface area contributed by atoms with E-state index in [9.17, 15) is 9.59 Å². The summed E-state index contributed by atoms with van der Waals surface area (Å²) in [5.74, 6) is -0.330. The molecule has 138 valence electrons. The van der Waals surface area contributed by atoms with Gasteiger partial charge in [-0.25, -0.2) is 4.98 Å². The third-order valence-electron chi connectivity index (χ3n) is 4.18. The second-order valence-electron chi connectivity index (χ2n) is 5.78. The van der Waals surface area contributed by atoms with Gasteiger partial charge in [0.05, 0.1) is 20.3 Å². The van der Waals surface area contributed by atoms with E-state index in [-0.39, 0.29) is 11.5 Å². The predicted octanol–water partition coefficient (Wildman–Crippen LogP) is 2.57. The molecular formula is C18H21N3O4S. The number of para-hydroxylation sites is 1. The topological polar surface area (TPSA) is 86.2 Å². The summed E-state index contributed by atoms with van der Waals surface area (Å²) in [7, 11) is 2.94. The number of benzene rings is 1. The molecule has 0 saturated carbocycles. The first-order valence-electron chi connectivity index (χ1n) is 8.35. The van der Waals surface area contributed by atoms with Crippen molar-refractivity contribution in [2.24, 2.45) is 0 Å². The fraction of sp³-hybridized carbons (Fsp3) is 0.389. The highest BCUT2D eigenvalue weighted by atomic mass is 32.2. The Hall–Kier alpha value is -2.32. The van der Waals surface area contributed by atoms with Gasteiger partial charge in [0.1, 0.15) is 16.3 Å². The number of aromatic nitrogens is 3. The summed E-state index contributed by atoms with van der Waals surface area (Å²) in [5, 5.41) is 0.941. The first-order chi connectivity index (χ1) is 12.6. The van der Waals surface area contributed by atoms with E-state index in [0.29, 0.717) is 35.8 Å². The van der Waals surface area contributed by atoms with Crippen LogP contribution in [0.25, 0.3) is 21.9 Å². The third-order valence-corrected chi connectivity index (χ3v) is 5.51. The zero-order chi connectivity index (χ0) is 18.7. The molecule has 3 aromatic rings. The van der Waals surface area contributed by atoms with Gasteiger partial charge in [-0.1, -0.05) is 36.9 Å². The van der Waals surface area contributed by atoms with Crippen LogP contribution in [0, 0.1) is 0 Å². The minimum atomic E-state index is -0.427. The molecule has 2 aromatic heterocycles. The highest BCUT2D eigenvalue weighted by Crippen LogP contribution is 2.28. The lowest BCUT2D eigenvalue weighted by Crippen LogP contribution is -2.27. The molecule has 3 rings (SSSR count). The van der Waals surface area contributed by atoms with Crippen molar-refractivity contribution in [2.45, 2.75) is 30.3 Å². The standard InChI is InChI=1S/C18H21N3O4S/c1-4-13(17(23)25-3)26-18-20-14-11-7-5-6-8-12(11)19-15(14)16(22)21(18)9-10-24-2/h5-8,13,19H,4,9-10H2,1-3H3/t13-/m1/s1. The molecule has 7 nitrogen and oxygen atoms in total. The highest BCUT2D eigenvalue weighted by Gasteiger charge is 2.23. The lowest BCUT2D eigenvalue weighted by molar-refractivity contribution is -0.140. The molecule has 0 aliphatic carbocycles. The van der Waals surface area contributed by atoms with E-state index in [1.165, 1.54) is 18.9 Å². The predicted molar refractivity (Wildman–Crippen MR) is 102 cm³/mol. The first-order valence-corrected chi connectivity index (χ1v) is 9.23. The molecule has 0 fully saturated rings. The van der Waals surface area contributed by atoms with Crippen molar-refractivity contribution in [3.63, 3.8) is 0 Å².